The fourth-order valence-corrected chi connectivity index (χ4v) is 3.37. The molecule has 0 unspecified atom stereocenters. The number of nitrogens with zero attached hydrogens (tertiary/aromatic N) is 2. The van der Waals surface area contributed by atoms with Crippen molar-refractivity contribution in [2.24, 2.45) is 0 Å². The molecule has 9 nitrogen and oxygen atoms in total. The van der Waals surface area contributed by atoms with Gasteiger partial charge in [0, 0.05) is 45.7 Å². The zero-order chi connectivity index (χ0) is 21.7. The highest BCUT2D eigenvalue weighted by atomic mass is 16.5. The Hall–Kier alpha value is -3.36. The summed E-state index contributed by atoms with van der Waals surface area (Å²) in [7, 11) is 0. The van der Waals surface area contributed by atoms with Crippen LogP contribution in [0.25, 0.3) is 5.57 Å². The molecule has 160 valence electrons. The summed E-state index contributed by atoms with van der Waals surface area (Å²) in [5.41, 5.74) is 2.23. The maximum atomic E-state index is 12.1. The van der Waals surface area contributed by atoms with Crippen molar-refractivity contribution in [3.63, 3.8) is 0 Å². The fourth-order valence-electron chi connectivity index (χ4n) is 3.37. The van der Waals surface area contributed by atoms with Gasteiger partial charge in [0.2, 0.25) is 5.91 Å². The highest BCUT2D eigenvalue weighted by Crippen LogP contribution is 2.26. The van der Waals surface area contributed by atoms with E-state index in [9.17, 15) is 19.2 Å². The Morgan fingerprint density at radius 3 is 2.37 bits per heavy atom. The molecule has 2 aliphatic rings. The molecule has 0 radical (unpaired) electrons. The van der Waals surface area contributed by atoms with Crippen LogP contribution < -0.4 is 10.2 Å². The number of carbonyl (C=O) groups is 4. The number of piperazine rings is 1. The summed E-state index contributed by atoms with van der Waals surface area (Å²) in [6, 6.07) is 7.59. The van der Waals surface area contributed by atoms with Gasteiger partial charge in [0.05, 0.1) is 12.1 Å². The lowest BCUT2D eigenvalue weighted by atomic mass is 10.0. The van der Waals surface area contributed by atoms with Crippen molar-refractivity contribution in [2.75, 3.05) is 44.2 Å². The Morgan fingerprint density at radius 1 is 1.10 bits per heavy atom. The van der Waals surface area contributed by atoms with Gasteiger partial charge in [-0.25, -0.2) is 4.79 Å². The van der Waals surface area contributed by atoms with Crippen molar-refractivity contribution in [1.29, 1.82) is 0 Å². The van der Waals surface area contributed by atoms with E-state index in [1.54, 1.807) is 11.0 Å². The van der Waals surface area contributed by atoms with Gasteiger partial charge in [-0.05, 0) is 23.8 Å². The van der Waals surface area contributed by atoms with E-state index in [-0.39, 0.29) is 25.0 Å². The predicted molar refractivity (Wildman–Crippen MR) is 108 cm³/mol. The number of anilines is 1. The van der Waals surface area contributed by atoms with E-state index < -0.39 is 18.0 Å². The van der Waals surface area contributed by atoms with Crippen molar-refractivity contribution in [3.05, 3.63) is 35.9 Å². The number of rotatable bonds is 6. The first-order chi connectivity index (χ1) is 14.3. The van der Waals surface area contributed by atoms with E-state index in [4.69, 9.17) is 9.47 Å². The third-order valence-electron chi connectivity index (χ3n) is 4.96. The molecule has 3 rings (SSSR count). The maximum absolute atomic E-state index is 12.1. The molecule has 30 heavy (non-hydrogen) atoms. The third kappa shape index (κ3) is 5.37. The summed E-state index contributed by atoms with van der Waals surface area (Å²) in [4.78, 5) is 49.9. The molecule has 1 atom stereocenters. The van der Waals surface area contributed by atoms with E-state index in [0.29, 0.717) is 31.8 Å². The summed E-state index contributed by atoms with van der Waals surface area (Å²) in [5.74, 6) is -1.24. The van der Waals surface area contributed by atoms with Gasteiger partial charge in [-0.15, -0.1) is 0 Å². The van der Waals surface area contributed by atoms with Gasteiger partial charge in [0.15, 0.2) is 6.61 Å². The highest BCUT2D eigenvalue weighted by molar-refractivity contribution is 6.18. The number of ether oxygens (including phenoxy) is 2. The SMILES string of the molecule is CC(=O)NC[C@H]1C=C(c2ccc(N3CCN(C(=O)COC(C)=O)CC3)cc2)C(=O)O1. The number of esters is 2. The Labute approximate surface area is 174 Å². The minimum atomic E-state index is -0.468. The smallest absolute Gasteiger partial charge is 0.339 e. The van der Waals surface area contributed by atoms with Crippen LogP contribution in [-0.2, 0) is 28.7 Å². The summed E-state index contributed by atoms with van der Waals surface area (Å²) in [6.07, 6.45) is 1.26. The number of nitrogens with one attached hydrogen (secondary N) is 1. The molecule has 9 heteroatoms. The molecule has 0 bridgehead atoms. The third-order valence-corrected chi connectivity index (χ3v) is 4.96. The summed E-state index contributed by atoms with van der Waals surface area (Å²) < 4.78 is 10.0. The summed E-state index contributed by atoms with van der Waals surface area (Å²) >= 11 is 0. The zero-order valence-electron chi connectivity index (χ0n) is 17.1. The molecule has 1 fully saturated rings. The van der Waals surface area contributed by atoms with Gasteiger partial charge in [-0.3, -0.25) is 14.4 Å². The van der Waals surface area contributed by atoms with Crippen LogP contribution in [-0.4, -0.2) is 74.1 Å². The van der Waals surface area contributed by atoms with E-state index in [1.807, 2.05) is 24.3 Å². The molecular formula is C21H25N3O6. The number of cyclic esters (lactones) is 1. The second-order valence-corrected chi connectivity index (χ2v) is 7.16. The van der Waals surface area contributed by atoms with E-state index in [1.165, 1.54) is 13.8 Å². The highest BCUT2D eigenvalue weighted by Gasteiger charge is 2.27. The summed E-state index contributed by atoms with van der Waals surface area (Å²) in [6.45, 7) is 5.13. The Bertz CT molecular complexity index is 856. The molecule has 0 spiro atoms. The van der Waals surface area contributed by atoms with E-state index in [0.717, 1.165) is 11.3 Å². The molecule has 0 saturated carbocycles. The van der Waals surface area contributed by atoms with Crippen molar-refractivity contribution in [2.45, 2.75) is 20.0 Å². The zero-order valence-corrected chi connectivity index (χ0v) is 17.1. The average molecular weight is 415 g/mol. The second-order valence-electron chi connectivity index (χ2n) is 7.16. The van der Waals surface area contributed by atoms with Crippen LogP contribution in [0.15, 0.2) is 30.3 Å². The normalized spacial score (nSPS) is 18.5. The molecule has 2 heterocycles. The summed E-state index contributed by atoms with van der Waals surface area (Å²) in [5, 5.41) is 2.64. The minimum absolute atomic E-state index is 0.176. The van der Waals surface area contributed by atoms with Gasteiger partial charge in [-0.1, -0.05) is 12.1 Å². The van der Waals surface area contributed by atoms with Crippen LogP contribution >= 0.6 is 0 Å². The Balaban J connectivity index is 1.56. The minimum Gasteiger partial charge on any atom is -0.456 e. The van der Waals surface area contributed by atoms with Gasteiger partial charge < -0.3 is 24.6 Å². The topological polar surface area (TPSA) is 105 Å². The quantitative estimate of drug-likeness (QED) is 0.668. The number of hydrogen-bond donors (Lipinski definition) is 1. The van der Waals surface area contributed by atoms with Gasteiger partial charge in [0.1, 0.15) is 6.10 Å². The Kier molecular flexibility index (Phi) is 6.71. The van der Waals surface area contributed by atoms with E-state index in [2.05, 4.69) is 10.2 Å². The molecule has 2 amide bonds. The molecule has 2 aliphatic heterocycles. The molecule has 0 aliphatic carbocycles. The van der Waals surface area contributed by atoms with Gasteiger partial charge in [0.25, 0.3) is 5.91 Å². The van der Waals surface area contributed by atoms with Crippen LogP contribution in [0.2, 0.25) is 0 Å². The number of benzene rings is 1. The van der Waals surface area contributed by atoms with Crippen LogP contribution in [0.3, 0.4) is 0 Å². The predicted octanol–water partition coefficient (Wildman–Crippen LogP) is 0.343. The van der Waals surface area contributed by atoms with Gasteiger partial charge in [-0.2, -0.15) is 0 Å². The van der Waals surface area contributed by atoms with E-state index >= 15 is 0 Å². The number of amides is 2. The lowest BCUT2D eigenvalue weighted by Gasteiger charge is -2.36. The molecule has 1 N–H and O–H groups in total. The second kappa shape index (κ2) is 9.43. The van der Waals surface area contributed by atoms with Crippen molar-refractivity contribution < 1.29 is 28.7 Å². The molecular weight excluding hydrogens is 390 g/mol. The number of hydrogen-bond acceptors (Lipinski definition) is 7. The molecule has 1 aromatic carbocycles. The van der Waals surface area contributed by atoms with Crippen LogP contribution in [0.1, 0.15) is 19.4 Å². The van der Waals surface area contributed by atoms with Crippen molar-refractivity contribution in [1.82, 2.24) is 10.2 Å². The first-order valence-corrected chi connectivity index (χ1v) is 9.77. The monoisotopic (exact) mass is 415 g/mol. The largest absolute Gasteiger partial charge is 0.456 e. The van der Waals surface area contributed by atoms with Crippen LogP contribution in [0.4, 0.5) is 5.69 Å². The molecule has 0 aromatic heterocycles. The number of carbonyl (C=O) groups excluding carboxylic acids is 4. The first-order valence-electron chi connectivity index (χ1n) is 9.77. The van der Waals surface area contributed by atoms with Gasteiger partial charge >= 0.3 is 11.9 Å². The Morgan fingerprint density at radius 2 is 1.77 bits per heavy atom. The molecule has 1 saturated heterocycles. The first kappa shape index (κ1) is 21.4. The fraction of sp³-hybridized carbons (Fsp3) is 0.429. The van der Waals surface area contributed by atoms with Crippen LogP contribution in [0, 0.1) is 0 Å². The van der Waals surface area contributed by atoms with Crippen molar-refractivity contribution >= 4 is 35.0 Å². The lowest BCUT2D eigenvalue weighted by Crippen LogP contribution is -2.49. The van der Waals surface area contributed by atoms with Crippen molar-refractivity contribution in [3.8, 4) is 0 Å². The van der Waals surface area contributed by atoms with Crippen LogP contribution in [0.5, 0.6) is 0 Å². The molecule has 1 aromatic rings. The maximum Gasteiger partial charge on any atom is 0.339 e. The lowest BCUT2D eigenvalue weighted by molar-refractivity contribution is -0.150. The average Bonchev–Trinajstić information content (AvgIpc) is 3.11. The standard InChI is InChI=1S/C21H25N3O6/c1-14(25)22-12-18-11-19(21(28)30-18)16-3-5-17(6-4-16)23-7-9-24(10-8-23)20(27)13-29-15(2)26/h3-6,11,18H,7-10,12-13H2,1-2H3,(H,22,25)/t18-/m1/s1.